The minimum Gasteiger partial charge on any atom is -0.459 e. The van der Waals surface area contributed by atoms with Crippen LogP contribution < -0.4 is 0 Å². The summed E-state index contributed by atoms with van der Waals surface area (Å²) in [7, 11) is 0. The Kier molecular flexibility index (Phi) is 2.18. The van der Waals surface area contributed by atoms with Crippen molar-refractivity contribution in [3.63, 3.8) is 0 Å². The van der Waals surface area contributed by atoms with Crippen LogP contribution in [-0.2, 0) is 19.1 Å². The molecule has 4 heteroatoms. The van der Waals surface area contributed by atoms with Crippen LogP contribution in [0.3, 0.4) is 0 Å². The monoisotopic (exact) mass is 238 g/mol. The van der Waals surface area contributed by atoms with Crippen LogP contribution in [0.15, 0.2) is 0 Å². The van der Waals surface area contributed by atoms with E-state index in [9.17, 15) is 9.59 Å². The van der Waals surface area contributed by atoms with Crippen LogP contribution in [0, 0.1) is 17.3 Å². The number of ketones is 1. The standard InChI is InChI=1S/C13H18O4/c1-13(2,3)9(14)5-6-8-4-7-11(16-8)10(6)17-12(7)15/h6-8,10-11H,4-5H2,1-3H3. The molecule has 3 heterocycles. The molecule has 5 unspecified atom stereocenters. The van der Waals surface area contributed by atoms with E-state index in [1.165, 1.54) is 0 Å². The maximum atomic E-state index is 12.1. The first-order chi connectivity index (χ1) is 7.88. The highest BCUT2D eigenvalue weighted by molar-refractivity contribution is 5.84. The van der Waals surface area contributed by atoms with Crippen molar-refractivity contribution in [2.75, 3.05) is 0 Å². The summed E-state index contributed by atoms with van der Waals surface area (Å²) < 4.78 is 11.1. The maximum Gasteiger partial charge on any atom is 0.312 e. The fourth-order valence-electron chi connectivity index (χ4n) is 3.15. The lowest BCUT2D eigenvalue weighted by Gasteiger charge is -2.25. The second-order valence-corrected chi connectivity index (χ2v) is 6.42. The Bertz CT molecular complexity index is 381. The van der Waals surface area contributed by atoms with Gasteiger partial charge in [0.1, 0.15) is 18.0 Å². The van der Waals surface area contributed by atoms with Crippen molar-refractivity contribution in [2.45, 2.75) is 51.9 Å². The molecular formula is C13H18O4. The van der Waals surface area contributed by atoms with Crippen molar-refractivity contribution >= 4 is 11.8 Å². The van der Waals surface area contributed by atoms with E-state index in [2.05, 4.69) is 0 Å². The SMILES string of the molecule is CC(C)(C)C(=O)CC1C2CC3C(=O)OC1C3O2. The number of rotatable bonds is 2. The molecule has 0 aromatic heterocycles. The van der Waals surface area contributed by atoms with Gasteiger partial charge in [0.2, 0.25) is 0 Å². The van der Waals surface area contributed by atoms with Gasteiger partial charge in [-0.2, -0.15) is 0 Å². The van der Waals surface area contributed by atoms with E-state index in [0.717, 1.165) is 6.42 Å². The zero-order valence-electron chi connectivity index (χ0n) is 10.4. The van der Waals surface area contributed by atoms with Gasteiger partial charge in [0.25, 0.3) is 0 Å². The number of hydrogen-bond donors (Lipinski definition) is 0. The van der Waals surface area contributed by atoms with Gasteiger partial charge in [-0.25, -0.2) is 0 Å². The highest BCUT2D eigenvalue weighted by atomic mass is 16.6. The van der Waals surface area contributed by atoms with Gasteiger partial charge >= 0.3 is 5.97 Å². The molecule has 2 bridgehead atoms. The average molecular weight is 238 g/mol. The van der Waals surface area contributed by atoms with Crippen molar-refractivity contribution in [1.29, 1.82) is 0 Å². The lowest BCUT2D eigenvalue weighted by molar-refractivity contribution is -0.145. The Morgan fingerprint density at radius 1 is 1.35 bits per heavy atom. The summed E-state index contributed by atoms with van der Waals surface area (Å²) in [6.45, 7) is 5.77. The van der Waals surface area contributed by atoms with Gasteiger partial charge in [-0.15, -0.1) is 0 Å². The molecule has 0 aliphatic carbocycles. The van der Waals surface area contributed by atoms with Crippen LogP contribution in [-0.4, -0.2) is 30.1 Å². The highest BCUT2D eigenvalue weighted by Gasteiger charge is 2.63. The quantitative estimate of drug-likeness (QED) is 0.681. The Hall–Kier alpha value is -0.900. The summed E-state index contributed by atoms with van der Waals surface area (Å²) in [5.74, 6) is 0.103. The smallest absolute Gasteiger partial charge is 0.312 e. The number of fused-ring (bicyclic) bond motifs is 1. The molecule has 0 aromatic carbocycles. The number of carbonyl (C=O) groups excluding carboxylic acids is 2. The van der Waals surface area contributed by atoms with Crippen molar-refractivity contribution in [3.8, 4) is 0 Å². The van der Waals surface area contributed by atoms with Gasteiger partial charge < -0.3 is 9.47 Å². The Morgan fingerprint density at radius 2 is 2.06 bits per heavy atom. The molecule has 0 N–H and O–H groups in total. The third-order valence-electron chi connectivity index (χ3n) is 4.25. The van der Waals surface area contributed by atoms with E-state index in [4.69, 9.17) is 9.47 Å². The summed E-state index contributed by atoms with van der Waals surface area (Å²) in [5.41, 5.74) is -0.330. The van der Waals surface area contributed by atoms with Gasteiger partial charge in [-0.05, 0) is 6.42 Å². The average Bonchev–Trinajstić information content (AvgIpc) is 2.80. The zero-order valence-corrected chi connectivity index (χ0v) is 10.4. The van der Waals surface area contributed by atoms with E-state index >= 15 is 0 Å². The topological polar surface area (TPSA) is 52.6 Å². The lowest BCUT2D eigenvalue weighted by Crippen LogP contribution is -2.35. The van der Waals surface area contributed by atoms with Crippen molar-refractivity contribution in [1.82, 2.24) is 0 Å². The van der Waals surface area contributed by atoms with Crippen molar-refractivity contribution in [3.05, 3.63) is 0 Å². The van der Waals surface area contributed by atoms with Gasteiger partial charge in [-0.1, -0.05) is 20.8 Å². The van der Waals surface area contributed by atoms with Crippen LogP contribution in [0.1, 0.15) is 33.6 Å². The fraction of sp³-hybridized carbons (Fsp3) is 0.846. The minimum atomic E-state index is -0.330. The van der Waals surface area contributed by atoms with Gasteiger partial charge in [-0.3, -0.25) is 9.59 Å². The molecule has 17 heavy (non-hydrogen) atoms. The summed E-state index contributed by atoms with van der Waals surface area (Å²) in [6.07, 6.45) is 1.01. The van der Waals surface area contributed by atoms with Crippen LogP contribution in [0.5, 0.6) is 0 Å². The molecule has 0 spiro atoms. The molecule has 0 saturated carbocycles. The van der Waals surface area contributed by atoms with Crippen LogP contribution >= 0.6 is 0 Å². The van der Waals surface area contributed by atoms with Gasteiger partial charge in [0.05, 0.1) is 12.0 Å². The fourth-order valence-corrected chi connectivity index (χ4v) is 3.15. The first-order valence-electron chi connectivity index (χ1n) is 6.27. The molecule has 0 radical (unpaired) electrons. The molecule has 4 nitrogen and oxygen atoms in total. The molecule has 3 rings (SSSR count). The predicted octanol–water partition coefficient (Wildman–Crippen LogP) is 1.32. The molecule has 3 aliphatic rings. The molecule has 0 aromatic rings. The first kappa shape index (κ1) is 11.2. The number of carbonyl (C=O) groups is 2. The highest BCUT2D eigenvalue weighted by Crippen LogP contribution is 2.50. The van der Waals surface area contributed by atoms with Crippen molar-refractivity contribution < 1.29 is 19.1 Å². The number of ether oxygens (including phenoxy) is 2. The Balaban J connectivity index is 1.75. The minimum absolute atomic E-state index is 0.0488. The van der Waals surface area contributed by atoms with Crippen molar-refractivity contribution in [2.24, 2.45) is 17.3 Å². The summed E-state index contributed by atoms with van der Waals surface area (Å²) >= 11 is 0. The number of Topliss-reactive ketones (excluding diaryl/α,β-unsaturated/α-hetero) is 1. The van der Waals surface area contributed by atoms with E-state index in [1.54, 1.807) is 0 Å². The molecule has 94 valence electrons. The van der Waals surface area contributed by atoms with Crippen LogP contribution in [0.4, 0.5) is 0 Å². The van der Waals surface area contributed by atoms with E-state index in [-0.39, 0.29) is 47.3 Å². The Morgan fingerprint density at radius 3 is 2.71 bits per heavy atom. The number of esters is 1. The van der Waals surface area contributed by atoms with Gasteiger partial charge in [0, 0.05) is 17.8 Å². The van der Waals surface area contributed by atoms with E-state index in [0.29, 0.717) is 6.42 Å². The van der Waals surface area contributed by atoms with Crippen LogP contribution in [0.25, 0.3) is 0 Å². The first-order valence-corrected chi connectivity index (χ1v) is 6.27. The molecular weight excluding hydrogens is 220 g/mol. The zero-order chi connectivity index (χ0) is 12.4. The largest absolute Gasteiger partial charge is 0.459 e. The third-order valence-corrected chi connectivity index (χ3v) is 4.25. The number of hydrogen-bond acceptors (Lipinski definition) is 4. The third kappa shape index (κ3) is 1.53. The summed E-state index contributed by atoms with van der Waals surface area (Å²) in [4.78, 5) is 23.6. The van der Waals surface area contributed by atoms with Gasteiger partial charge in [0.15, 0.2) is 0 Å². The van der Waals surface area contributed by atoms with E-state index in [1.807, 2.05) is 20.8 Å². The summed E-state index contributed by atoms with van der Waals surface area (Å²) in [6, 6.07) is 0. The lowest BCUT2D eigenvalue weighted by atomic mass is 9.76. The normalized spacial score (nSPS) is 43.0. The second kappa shape index (κ2) is 3.31. The van der Waals surface area contributed by atoms with E-state index < -0.39 is 0 Å². The molecule has 3 fully saturated rings. The molecule has 5 atom stereocenters. The Labute approximate surface area is 101 Å². The molecule has 3 saturated heterocycles. The van der Waals surface area contributed by atoms with Crippen LogP contribution in [0.2, 0.25) is 0 Å². The maximum absolute atomic E-state index is 12.1. The molecule has 3 aliphatic heterocycles. The predicted molar refractivity (Wildman–Crippen MR) is 59.2 cm³/mol. The summed E-state index contributed by atoms with van der Waals surface area (Å²) in [5, 5.41) is 0. The molecule has 0 amide bonds. The second-order valence-electron chi connectivity index (χ2n) is 6.42.